The molecule has 8 heteroatoms. The van der Waals surface area contributed by atoms with Crippen LogP contribution in [0.15, 0.2) is 36.4 Å². The number of hydrogen-bond acceptors (Lipinski definition) is 4. The van der Waals surface area contributed by atoms with Crippen molar-refractivity contribution in [3.05, 3.63) is 52.4 Å². The first-order valence-corrected chi connectivity index (χ1v) is 7.60. The summed E-state index contributed by atoms with van der Waals surface area (Å²) in [6.07, 6.45) is 0. The number of aromatic nitrogens is 2. The quantitative estimate of drug-likeness (QED) is 0.695. The lowest BCUT2D eigenvalue weighted by Gasteiger charge is -2.07. The highest BCUT2D eigenvalue weighted by molar-refractivity contribution is 7.91. The van der Waals surface area contributed by atoms with Gasteiger partial charge in [-0.05, 0) is 17.2 Å². The first kappa shape index (κ1) is 14.0. The van der Waals surface area contributed by atoms with Gasteiger partial charge in [-0.2, -0.15) is 4.98 Å². The van der Waals surface area contributed by atoms with Crippen molar-refractivity contribution in [1.29, 1.82) is 0 Å². The van der Waals surface area contributed by atoms with Gasteiger partial charge in [0.15, 0.2) is 0 Å². The lowest BCUT2D eigenvalue weighted by molar-refractivity contribution is 0.600. The molecular weight excluding hydrogens is 309 g/mol. The Bertz CT molecular complexity index is 657. The molecule has 1 heterocycles. The van der Waals surface area contributed by atoms with Gasteiger partial charge >= 0.3 is 0 Å². The normalized spacial score (nSPS) is 11.3. The summed E-state index contributed by atoms with van der Waals surface area (Å²) in [6.45, 7) is 0. The molecule has 0 saturated heterocycles. The first-order chi connectivity index (χ1) is 8.94. The zero-order chi connectivity index (χ0) is 13.9. The lowest BCUT2D eigenvalue weighted by atomic mass is 10.2. The third kappa shape index (κ3) is 4.34. The molecule has 2 rings (SSSR count). The van der Waals surface area contributed by atoms with E-state index >= 15 is 0 Å². The molecule has 5 nitrogen and oxygen atoms in total. The van der Waals surface area contributed by atoms with Crippen molar-refractivity contribution in [2.75, 3.05) is 4.72 Å². The molecule has 0 bridgehead atoms. The van der Waals surface area contributed by atoms with Crippen molar-refractivity contribution >= 4 is 39.0 Å². The smallest absolute Gasteiger partial charge is 0.238 e. The van der Waals surface area contributed by atoms with E-state index in [2.05, 4.69) is 14.7 Å². The summed E-state index contributed by atoms with van der Waals surface area (Å²) in [5.41, 5.74) is 0.668. The molecule has 0 spiro atoms. The van der Waals surface area contributed by atoms with E-state index in [1.54, 1.807) is 24.3 Å². The molecule has 1 aromatic heterocycles. The van der Waals surface area contributed by atoms with E-state index < -0.39 is 10.0 Å². The molecule has 1 aromatic carbocycles. The van der Waals surface area contributed by atoms with Crippen LogP contribution in [0.2, 0.25) is 10.4 Å². The molecule has 2 aromatic rings. The fourth-order valence-corrected chi connectivity index (χ4v) is 2.97. The van der Waals surface area contributed by atoms with Crippen LogP contribution in [0, 0.1) is 0 Å². The Morgan fingerprint density at radius 2 is 1.79 bits per heavy atom. The van der Waals surface area contributed by atoms with E-state index in [1.807, 2.05) is 6.07 Å². The average molecular weight is 318 g/mol. The number of rotatable bonds is 4. The Hall–Kier alpha value is -1.37. The summed E-state index contributed by atoms with van der Waals surface area (Å²) < 4.78 is 26.2. The van der Waals surface area contributed by atoms with Crippen LogP contribution in [0.4, 0.5) is 5.82 Å². The molecule has 100 valence electrons. The maximum atomic E-state index is 11.9. The van der Waals surface area contributed by atoms with Crippen LogP contribution < -0.4 is 4.72 Å². The number of sulfonamides is 1. The van der Waals surface area contributed by atoms with Crippen molar-refractivity contribution < 1.29 is 8.42 Å². The van der Waals surface area contributed by atoms with Crippen LogP contribution in [0.25, 0.3) is 0 Å². The van der Waals surface area contributed by atoms with Crippen LogP contribution in [-0.2, 0) is 15.8 Å². The summed E-state index contributed by atoms with van der Waals surface area (Å²) in [6, 6.07) is 10.1. The second-order valence-corrected chi connectivity index (χ2v) is 6.14. The fourth-order valence-electron chi connectivity index (χ4n) is 1.43. The SMILES string of the molecule is O=S(=O)(Cc1ccccc1)Nc1cc(Cl)nc(Cl)n1. The number of nitrogens with one attached hydrogen (secondary N) is 1. The predicted molar refractivity (Wildman–Crippen MR) is 74.7 cm³/mol. The van der Waals surface area contributed by atoms with E-state index in [1.165, 1.54) is 6.07 Å². The van der Waals surface area contributed by atoms with Gasteiger partial charge in [-0.15, -0.1) is 0 Å². The summed E-state index contributed by atoms with van der Waals surface area (Å²) in [4.78, 5) is 7.37. The number of hydrogen-bond donors (Lipinski definition) is 1. The Balaban J connectivity index is 2.17. The molecular formula is C11H9Cl2N3O2S. The summed E-state index contributed by atoms with van der Waals surface area (Å²) >= 11 is 11.3. The molecule has 0 aliphatic heterocycles. The Morgan fingerprint density at radius 3 is 2.42 bits per heavy atom. The highest BCUT2D eigenvalue weighted by Crippen LogP contribution is 2.16. The van der Waals surface area contributed by atoms with E-state index in [0.717, 1.165) is 0 Å². The van der Waals surface area contributed by atoms with Gasteiger partial charge in [0.2, 0.25) is 15.3 Å². The van der Waals surface area contributed by atoms with Gasteiger partial charge in [0.05, 0.1) is 5.75 Å². The molecule has 0 atom stereocenters. The molecule has 0 saturated carbocycles. The minimum atomic E-state index is -3.58. The Morgan fingerprint density at radius 1 is 1.11 bits per heavy atom. The van der Waals surface area contributed by atoms with Crippen LogP contribution in [-0.4, -0.2) is 18.4 Å². The van der Waals surface area contributed by atoms with E-state index in [0.29, 0.717) is 5.56 Å². The molecule has 1 N–H and O–H groups in total. The zero-order valence-corrected chi connectivity index (χ0v) is 11.9. The van der Waals surface area contributed by atoms with Gasteiger partial charge in [-0.1, -0.05) is 41.9 Å². The van der Waals surface area contributed by atoms with Gasteiger partial charge in [0.25, 0.3) is 0 Å². The van der Waals surface area contributed by atoms with Crippen LogP contribution >= 0.6 is 23.2 Å². The van der Waals surface area contributed by atoms with E-state index in [9.17, 15) is 8.42 Å². The van der Waals surface area contributed by atoms with Gasteiger partial charge in [0, 0.05) is 6.07 Å². The third-order valence-corrected chi connectivity index (χ3v) is 3.72. The molecule has 0 amide bonds. The number of anilines is 1. The Labute approximate surface area is 120 Å². The van der Waals surface area contributed by atoms with Crippen LogP contribution in [0.3, 0.4) is 0 Å². The lowest BCUT2D eigenvalue weighted by Crippen LogP contribution is -2.16. The highest BCUT2D eigenvalue weighted by Gasteiger charge is 2.13. The highest BCUT2D eigenvalue weighted by atomic mass is 35.5. The van der Waals surface area contributed by atoms with Crippen molar-refractivity contribution in [2.45, 2.75) is 5.75 Å². The monoisotopic (exact) mass is 317 g/mol. The minimum absolute atomic E-state index is 0.0425. The molecule has 0 unspecified atom stereocenters. The molecule has 0 radical (unpaired) electrons. The third-order valence-electron chi connectivity index (χ3n) is 2.13. The Kier molecular flexibility index (Phi) is 4.24. The summed E-state index contributed by atoms with van der Waals surface area (Å²) in [5.74, 6) is -0.117. The number of halogens is 2. The predicted octanol–water partition coefficient (Wildman–Crippen LogP) is 2.73. The topological polar surface area (TPSA) is 72.0 Å². The van der Waals surface area contributed by atoms with Crippen molar-refractivity contribution in [3.8, 4) is 0 Å². The second-order valence-electron chi connectivity index (χ2n) is 3.69. The van der Waals surface area contributed by atoms with Gasteiger partial charge < -0.3 is 0 Å². The number of benzene rings is 1. The maximum Gasteiger partial charge on any atom is 0.238 e. The second kappa shape index (κ2) is 5.73. The average Bonchev–Trinajstić information content (AvgIpc) is 2.27. The van der Waals surface area contributed by atoms with Crippen molar-refractivity contribution in [3.63, 3.8) is 0 Å². The van der Waals surface area contributed by atoms with Crippen LogP contribution in [0.5, 0.6) is 0 Å². The minimum Gasteiger partial charge on any atom is -0.267 e. The van der Waals surface area contributed by atoms with E-state index in [4.69, 9.17) is 23.2 Å². The van der Waals surface area contributed by atoms with Gasteiger partial charge in [-0.25, -0.2) is 13.4 Å². The molecule has 19 heavy (non-hydrogen) atoms. The van der Waals surface area contributed by atoms with Gasteiger partial charge in [0.1, 0.15) is 11.0 Å². The van der Waals surface area contributed by atoms with Crippen LogP contribution in [0.1, 0.15) is 5.56 Å². The first-order valence-electron chi connectivity index (χ1n) is 5.19. The van der Waals surface area contributed by atoms with Crippen molar-refractivity contribution in [1.82, 2.24) is 9.97 Å². The summed E-state index contributed by atoms with van der Waals surface area (Å²) in [7, 11) is -3.58. The molecule has 0 aliphatic carbocycles. The molecule has 0 aliphatic rings. The maximum absolute atomic E-state index is 11.9. The molecule has 0 fully saturated rings. The standard InChI is InChI=1S/C11H9Cl2N3O2S/c12-9-6-10(15-11(13)14-9)16-19(17,18)7-8-4-2-1-3-5-8/h1-6H,7H2,(H,14,15,16). The van der Waals surface area contributed by atoms with Gasteiger partial charge in [-0.3, -0.25) is 4.72 Å². The van der Waals surface area contributed by atoms with Crippen molar-refractivity contribution in [2.24, 2.45) is 0 Å². The van der Waals surface area contributed by atoms with E-state index in [-0.39, 0.29) is 22.0 Å². The fraction of sp³-hybridized carbons (Fsp3) is 0.0909. The largest absolute Gasteiger partial charge is 0.267 e. The zero-order valence-electron chi connectivity index (χ0n) is 9.55. The summed E-state index contributed by atoms with van der Waals surface area (Å²) in [5, 5.41) is -0.0534. The number of nitrogens with zero attached hydrogens (tertiary/aromatic N) is 2.